The van der Waals surface area contributed by atoms with Crippen molar-refractivity contribution in [3.05, 3.63) is 11.9 Å². The lowest BCUT2D eigenvalue weighted by Crippen LogP contribution is -2.23. The molecule has 2 heterocycles. The van der Waals surface area contributed by atoms with Crippen molar-refractivity contribution < 1.29 is 4.79 Å². The summed E-state index contributed by atoms with van der Waals surface area (Å²) in [5.41, 5.74) is 0. The Balaban J connectivity index is 2.04. The predicted molar refractivity (Wildman–Crippen MR) is 75.6 cm³/mol. The number of nitrogens with zero attached hydrogens (tertiary/aromatic N) is 4. The van der Waals surface area contributed by atoms with E-state index in [1.807, 2.05) is 32.0 Å². The zero-order valence-corrected chi connectivity index (χ0v) is 11.8. The second-order valence-corrected chi connectivity index (χ2v) is 5.10. The number of rotatable bonds is 5. The summed E-state index contributed by atoms with van der Waals surface area (Å²) in [5.74, 6) is 2.66. The fourth-order valence-corrected chi connectivity index (χ4v) is 2.04. The molecule has 0 unspecified atom stereocenters. The van der Waals surface area contributed by atoms with Crippen LogP contribution in [-0.2, 0) is 4.79 Å². The predicted octanol–water partition coefficient (Wildman–Crippen LogP) is 0.538. The van der Waals surface area contributed by atoms with E-state index < -0.39 is 0 Å². The van der Waals surface area contributed by atoms with Crippen LogP contribution < -0.4 is 10.2 Å². The zero-order valence-electron chi connectivity index (χ0n) is 11.8. The lowest BCUT2D eigenvalue weighted by atomic mass is 10.4. The summed E-state index contributed by atoms with van der Waals surface area (Å²) in [6, 6.07) is 1.92. The van der Waals surface area contributed by atoms with E-state index in [4.69, 9.17) is 0 Å². The van der Waals surface area contributed by atoms with Gasteiger partial charge in [0.15, 0.2) is 5.78 Å². The second-order valence-electron chi connectivity index (χ2n) is 5.10. The van der Waals surface area contributed by atoms with Crippen molar-refractivity contribution >= 4 is 17.4 Å². The molecule has 19 heavy (non-hydrogen) atoms. The Kier molecular flexibility index (Phi) is 4.31. The minimum Gasteiger partial charge on any atom is -0.369 e. The Morgan fingerprint density at radius 3 is 2.84 bits per heavy atom. The SMILES string of the molecule is Cc1nc(NCCN(C)C)cc(N2CCC(=O)C2)n1. The highest BCUT2D eigenvalue weighted by molar-refractivity contribution is 5.86. The summed E-state index contributed by atoms with van der Waals surface area (Å²) in [5, 5.41) is 3.29. The molecule has 1 N–H and O–H groups in total. The number of likely N-dealkylation sites (N-methyl/N-ethyl adjacent to an activating group) is 1. The van der Waals surface area contributed by atoms with Crippen molar-refractivity contribution in [1.29, 1.82) is 0 Å². The van der Waals surface area contributed by atoms with E-state index in [0.29, 0.717) is 13.0 Å². The van der Waals surface area contributed by atoms with Gasteiger partial charge in [0, 0.05) is 32.1 Å². The highest BCUT2D eigenvalue weighted by Gasteiger charge is 2.21. The second kappa shape index (κ2) is 5.97. The molecule has 0 aromatic carbocycles. The molecule has 1 aliphatic heterocycles. The molecule has 0 atom stereocenters. The summed E-state index contributed by atoms with van der Waals surface area (Å²) in [6.07, 6.45) is 0.618. The average molecular weight is 263 g/mol. The number of aryl methyl sites for hydroxylation is 1. The maximum Gasteiger partial charge on any atom is 0.153 e. The first kappa shape index (κ1) is 13.7. The minimum atomic E-state index is 0.276. The fourth-order valence-electron chi connectivity index (χ4n) is 2.04. The van der Waals surface area contributed by atoms with Crippen molar-refractivity contribution in [2.75, 3.05) is 50.5 Å². The van der Waals surface area contributed by atoms with E-state index in [1.165, 1.54) is 0 Å². The number of ketones is 1. The van der Waals surface area contributed by atoms with Gasteiger partial charge in [0.1, 0.15) is 17.5 Å². The molecule has 1 aromatic rings. The topological polar surface area (TPSA) is 61.4 Å². The van der Waals surface area contributed by atoms with E-state index in [1.54, 1.807) is 0 Å². The standard InChI is InChI=1S/C13H21N5O/c1-10-15-12(14-5-7-17(2)3)8-13(16-10)18-6-4-11(19)9-18/h8H,4-7,9H2,1-3H3,(H,14,15,16). The molecular weight excluding hydrogens is 242 g/mol. The number of nitrogens with one attached hydrogen (secondary N) is 1. The van der Waals surface area contributed by atoms with Crippen molar-refractivity contribution in [2.24, 2.45) is 0 Å². The number of carbonyl (C=O) groups excluding carboxylic acids is 1. The number of anilines is 2. The Morgan fingerprint density at radius 2 is 2.21 bits per heavy atom. The molecule has 0 aliphatic carbocycles. The molecule has 6 nitrogen and oxygen atoms in total. The summed E-state index contributed by atoms with van der Waals surface area (Å²) in [6.45, 7) is 4.88. The van der Waals surface area contributed by atoms with Gasteiger partial charge >= 0.3 is 0 Å². The van der Waals surface area contributed by atoms with Crippen molar-refractivity contribution in [1.82, 2.24) is 14.9 Å². The van der Waals surface area contributed by atoms with E-state index in [2.05, 4.69) is 20.2 Å². The van der Waals surface area contributed by atoms with Crippen molar-refractivity contribution in [2.45, 2.75) is 13.3 Å². The number of Topliss-reactive ketones (excluding diaryl/α,β-unsaturated/α-hetero) is 1. The third kappa shape index (κ3) is 3.89. The molecular formula is C13H21N5O. The molecule has 1 fully saturated rings. The zero-order chi connectivity index (χ0) is 13.8. The highest BCUT2D eigenvalue weighted by Crippen LogP contribution is 2.19. The third-order valence-corrected chi connectivity index (χ3v) is 3.04. The van der Waals surface area contributed by atoms with Crippen molar-refractivity contribution in [3.8, 4) is 0 Å². The Morgan fingerprint density at radius 1 is 1.42 bits per heavy atom. The van der Waals surface area contributed by atoms with E-state index in [-0.39, 0.29) is 5.78 Å². The molecule has 104 valence electrons. The van der Waals surface area contributed by atoms with Gasteiger partial charge in [0.2, 0.25) is 0 Å². The van der Waals surface area contributed by atoms with E-state index >= 15 is 0 Å². The molecule has 0 amide bonds. The van der Waals surface area contributed by atoms with Crippen LogP contribution in [0.25, 0.3) is 0 Å². The average Bonchev–Trinajstić information content (AvgIpc) is 2.75. The number of hydrogen-bond donors (Lipinski definition) is 1. The monoisotopic (exact) mass is 263 g/mol. The number of carbonyl (C=O) groups is 1. The maximum absolute atomic E-state index is 11.3. The number of aromatic nitrogens is 2. The first-order valence-corrected chi connectivity index (χ1v) is 6.55. The van der Waals surface area contributed by atoms with Crippen LogP contribution in [0.1, 0.15) is 12.2 Å². The smallest absolute Gasteiger partial charge is 0.153 e. The normalized spacial score (nSPS) is 15.4. The van der Waals surface area contributed by atoms with Gasteiger partial charge in [0.25, 0.3) is 0 Å². The summed E-state index contributed by atoms with van der Waals surface area (Å²) in [7, 11) is 4.07. The van der Waals surface area contributed by atoms with E-state index in [9.17, 15) is 4.79 Å². The number of hydrogen-bond acceptors (Lipinski definition) is 6. The molecule has 6 heteroatoms. The quantitative estimate of drug-likeness (QED) is 0.836. The van der Waals surface area contributed by atoms with Crippen LogP contribution in [0.4, 0.5) is 11.6 Å². The van der Waals surface area contributed by atoms with Crippen LogP contribution >= 0.6 is 0 Å². The first-order valence-electron chi connectivity index (χ1n) is 6.55. The summed E-state index contributed by atoms with van der Waals surface area (Å²) >= 11 is 0. The van der Waals surface area contributed by atoms with Crippen LogP contribution in [0.5, 0.6) is 0 Å². The van der Waals surface area contributed by atoms with Gasteiger partial charge in [-0.15, -0.1) is 0 Å². The Labute approximate surface area is 113 Å². The molecule has 0 spiro atoms. The van der Waals surface area contributed by atoms with Crippen LogP contribution in [0, 0.1) is 6.92 Å². The maximum atomic E-state index is 11.3. The molecule has 1 saturated heterocycles. The Bertz CT molecular complexity index is 460. The fraction of sp³-hybridized carbons (Fsp3) is 0.615. The van der Waals surface area contributed by atoms with Gasteiger partial charge in [-0.3, -0.25) is 4.79 Å². The lowest BCUT2D eigenvalue weighted by Gasteiger charge is -2.17. The molecule has 1 aromatic heterocycles. The largest absolute Gasteiger partial charge is 0.369 e. The Hall–Kier alpha value is -1.69. The molecule has 0 radical (unpaired) electrons. The van der Waals surface area contributed by atoms with Crippen LogP contribution in [-0.4, -0.2) is 60.9 Å². The van der Waals surface area contributed by atoms with Gasteiger partial charge in [-0.1, -0.05) is 0 Å². The van der Waals surface area contributed by atoms with Crippen LogP contribution in [0.2, 0.25) is 0 Å². The molecule has 1 aliphatic rings. The van der Waals surface area contributed by atoms with Crippen LogP contribution in [0.15, 0.2) is 6.07 Å². The lowest BCUT2D eigenvalue weighted by molar-refractivity contribution is -0.116. The minimum absolute atomic E-state index is 0.276. The first-order chi connectivity index (χ1) is 9.04. The van der Waals surface area contributed by atoms with Gasteiger partial charge < -0.3 is 15.1 Å². The molecule has 2 rings (SSSR count). The van der Waals surface area contributed by atoms with Crippen molar-refractivity contribution in [3.63, 3.8) is 0 Å². The van der Waals surface area contributed by atoms with Crippen LogP contribution in [0.3, 0.4) is 0 Å². The van der Waals surface area contributed by atoms with Gasteiger partial charge in [-0.2, -0.15) is 0 Å². The summed E-state index contributed by atoms with van der Waals surface area (Å²) < 4.78 is 0. The highest BCUT2D eigenvalue weighted by atomic mass is 16.1. The van der Waals surface area contributed by atoms with Gasteiger partial charge in [0.05, 0.1) is 6.54 Å². The molecule has 0 saturated carbocycles. The molecule has 0 bridgehead atoms. The van der Waals surface area contributed by atoms with Gasteiger partial charge in [-0.05, 0) is 21.0 Å². The third-order valence-electron chi connectivity index (χ3n) is 3.04. The van der Waals surface area contributed by atoms with E-state index in [0.717, 1.165) is 37.1 Å². The summed E-state index contributed by atoms with van der Waals surface area (Å²) in [4.78, 5) is 24.2. The van der Waals surface area contributed by atoms with Gasteiger partial charge in [-0.25, -0.2) is 9.97 Å².